The van der Waals surface area contributed by atoms with E-state index in [-0.39, 0.29) is 5.75 Å². The third kappa shape index (κ3) is 7.27. The van der Waals surface area contributed by atoms with Crippen LogP contribution in [-0.4, -0.2) is 32.3 Å². The number of methoxy groups -OCH3 is 2. The van der Waals surface area contributed by atoms with E-state index >= 15 is 0 Å². The van der Waals surface area contributed by atoms with Gasteiger partial charge in [-0.15, -0.1) is 0 Å². The molecule has 0 aliphatic heterocycles. The highest BCUT2D eigenvalue weighted by atomic mass is 16.6. The van der Waals surface area contributed by atoms with Gasteiger partial charge in [0, 0.05) is 19.4 Å². The van der Waals surface area contributed by atoms with Crippen molar-refractivity contribution in [2.75, 3.05) is 14.2 Å². The first-order valence-electron chi connectivity index (χ1n) is 10.9. The zero-order valence-electron chi connectivity index (χ0n) is 20.0. The van der Waals surface area contributed by atoms with Crippen LogP contribution in [0.25, 0.3) is 6.08 Å². The van der Waals surface area contributed by atoms with E-state index in [0.717, 1.165) is 12.0 Å². The van der Waals surface area contributed by atoms with Crippen LogP contribution in [0.2, 0.25) is 0 Å². The Balaban J connectivity index is 2.41. The Hall–Kier alpha value is -3.48. The summed E-state index contributed by atoms with van der Waals surface area (Å²) in [6.45, 7) is 6.67. The lowest BCUT2D eigenvalue weighted by Crippen LogP contribution is -2.28. The zero-order chi connectivity index (χ0) is 24.4. The van der Waals surface area contributed by atoms with Gasteiger partial charge in [0.1, 0.15) is 6.10 Å². The molecule has 0 amide bonds. The van der Waals surface area contributed by atoms with E-state index in [2.05, 4.69) is 13.0 Å². The molecule has 0 aliphatic carbocycles. The summed E-state index contributed by atoms with van der Waals surface area (Å²) in [7, 11) is 3.05. The maximum absolute atomic E-state index is 11.9. The number of rotatable bonds is 11. The molecule has 0 N–H and O–H groups in total. The van der Waals surface area contributed by atoms with Crippen LogP contribution < -0.4 is 18.9 Å². The molecular weight excluding hydrogens is 424 g/mol. The maximum Gasteiger partial charge on any atom is 0.308 e. The molecule has 0 saturated carbocycles. The first-order chi connectivity index (χ1) is 15.8. The predicted octanol–water partition coefficient (Wildman–Crippen LogP) is 5.51. The molecule has 0 bridgehead atoms. The molecule has 2 rings (SSSR count). The van der Waals surface area contributed by atoms with Crippen molar-refractivity contribution in [1.29, 1.82) is 0 Å². The Morgan fingerprint density at radius 1 is 0.879 bits per heavy atom. The van der Waals surface area contributed by atoms with Crippen molar-refractivity contribution in [1.82, 2.24) is 0 Å². The van der Waals surface area contributed by atoms with Crippen LogP contribution in [0, 0.1) is 0 Å². The minimum absolute atomic E-state index is 0.279. The van der Waals surface area contributed by atoms with Gasteiger partial charge in [-0.3, -0.25) is 9.59 Å². The first-order valence-corrected chi connectivity index (χ1v) is 10.9. The van der Waals surface area contributed by atoms with Crippen molar-refractivity contribution in [2.45, 2.75) is 52.7 Å². The minimum atomic E-state index is -0.725. The van der Waals surface area contributed by atoms with Crippen molar-refractivity contribution < 1.29 is 33.3 Å². The first kappa shape index (κ1) is 25.8. The Morgan fingerprint density at radius 3 is 2.12 bits per heavy atom. The Bertz CT molecular complexity index is 981. The van der Waals surface area contributed by atoms with E-state index in [1.807, 2.05) is 31.2 Å². The van der Waals surface area contributed by atoms with Crippen LogP contribution in [0.4, 0.5) is 0 Å². The summed E-state index contributed by atoms with van der Waals surface area (Å²) in [5.41, 5.74) is 1.64. The van der Waals surface area contributed by atoms with Crippen molar-refractivity contribution in [3.05, 3.63) is 53.6 Å². The summed E-state index contributed by atoms with van der Waals surface area (Å²) < 4.78 is 28.0. The van der Waals surface area contributed by atoms with Gasteiger partial charge in [-0.25, -0.2) is 0 Å². The lowest BCUT2D eigenvalue weighted by molar-refractivity contribution is -0.152. The smallest absolute Gasteiger partial charge is 0.308 e. The summed E-state index contributed by atoms with van der Waals surface area (Å²) in [6.07, 6.45) is 4.33. The van der Waals surface area contributed by atoms with Crippen LogP contribution in [0.3, 0.4) is 0 Å². The summed E-state index contributed by atoms with van der Waals surface area (Å²) >= 11 is 0. The van der Waals surface area contributed by atoms with E-state index in [0.29, 0.717) is 29.2 Å². The topological polar surface area (TPSA) is 80.3 Å². The van der Waals surface area contributed by atoms with Gasteiger partial charge in [0.05, 0.1) is 14.2 Å². The molecule has 7 nitrogen and oxygen atoms in total. The summed E-state index contributed by atoms with van der Waals surface area (Å²) in [5, 5.41) is 0. The fraction of sp³-hybridized carbons (Fsp3) is 0.385. The second-order valence-electron chi connectivity index (χ2n) is 7.32. The predicted molar refractivity (Wildman–Crippen MR) is 126 cm³/mol. The van der Waals surface area contributed by atoms with Gasteiger partial charge in [-0.1, -0.05) is 38.1 Å². The third-order valence-electron chi connectivity index (χ3n) is 4.81. The Labute approximate surface area is 195 Å². The molecule has 178 valence electrons. The van der Waals surface area contributed by atoms with E-state index < -0.39 is 24.1 Å². The molecule has 0 aromatic heterocycles. The zero-order valence-corrected chi connectivity index (χ0v) is 20.0. The molecule has 2 aromatic carbocycles. The molecule has 2 aromatic rings. The monoisotopic (exact) mass is 456 g/mol. The minimum Gasteiger partial charge on any atom is -0.493 e. The standard InChI is InChI=1S/C26H32O7/c1-7-9-10-19-11-13-23(24(15-19)29-5)33-21(8-2)26(32-18(4)28)20-12-14-22(31-17(3)27)25(16-20)30-6/h9-16,21,26H,7-8H2,1-6H3. The Morgan fingerprint density at radius 2 is 1.55 bits per heavy atom. The van der Waals surface area contributed by atoms with Gasteiger partial charge in [-0.05, 0) is 42.7 Å². The van der Waals surface area contributed by atoms with Crippen LogP contribution in [0.15, 0.2) is 42.5 Å². The van der Waals surface area contributed by atoms with E-state index in [1.54, 1.807) is 25.3 Å². The molecule has 2 atom stereocenters. The molecule has 0 heterocycles. The SMILES string of the molecule is CCC=Cc1ccc(OC(CC)C(OC(C)=O)c2ccc(OC(C)=O)c(OC)c2)c(OC)c1. The summed E-state index contributed by atoms with van der Waals surface area (Å²) in [6, 6.07) is 10.7. The number of esters is 2. The molecule has 0 saturated heterocycles. The molecular formula is C26H32O7. The van der Waals surface area contributed by atoms with Gasteiger partial charge in [0.25, 0.3) is 0 Å². The van der Waals surface area contributed by atoms with Gasteiger partial charge < -0.3 is 23.7 Å². The third-order valence-corrected chi connectivity index (χ3v) is 4.81. The highest BCUT2D eigenvalue weighted by Gasteiger charge is 2.29. The number of ether oxygens (including phenoxy) is 5. The van der Waals surface area contributed by atoms with Crippen LogP contribution in [0.1, 0.15) is 57.8 Å². The van der Waals surface area contributed by atoms with Crippen molar-refractivity contribution in [3.8, 4) is 23.0 Å². The van der Waals surface area contributed by atoms with Crippen molar-refractivity contribution >= 4 is 18.0 Å². The average Bonchev–Trinajstić information content (AvgIpc) is 2.80. The van der Waals surface area contributed by atoms with Crippen molar-refractivity contribution in [3.63, 3.8) is 0 Å². The number of carbonyl (C=O) groups excluding carboxylic acids is 2. The van der Waals surface area contributed by atoms with Crippen LogP contribution in [0.5, 0.6) is 23.0 Å². The normalized spacial score (nSPS) is 12.7. The molecule has 2 unspecified atom stereocenters. The molecule has 7 heteroatoms. The second kappa shape index (κ2) is 12.5. The quantitative estimate of drug-likeness (QED) is 0.326. The average molecular weight is 457 g/mol. The molecule has 33 heavy (non-hydrogen) atoms. The van der Waals surface area contributed by atoms with Crippen LogP contribution in [-0.2, 0) is 14.3 Å². The van der Waals surface area contributed by atoms with E-state index in [4.69, 9.17) is 23.7 Å². The van der Waals surface area contributed by atoms with E-state index in [9.17, 15) is 9.59 Å². The fourth-order valence-electron chi connectivity index (χ4n) is 3.30. The van der Waals surface area contributed by atoms with Gasteiger partial charge >= 0.3 is 11.9 Å². The molecule has 0 radical (unpaired) electrons. The largest absolute Gasteiger partial charge is 0.493 e. The van der Waals surface area contributed by atoms with E-state index in [1.165, 1.54) is 21.0 Å². The fourth-order valence-corrected chi connectivity index (χ4v) is 3.30. The van der Waals surface area contributed by atoms with Gasteiger partial charge in [0.15, 0.2) is 29.1 Å². The second-order valence-corrected chi connectivity index (χ2v) is 7.32. The molecule has 0 aliphatic rings. The number of hydrogen-bond donors (Lipinski definition) is 0. The molecule has 0 fully saturated rings. The number of hydrogen-bond acceptors (Lipinski definition) is 7. The lowest BCUT2D eigenvalue weighted by atomic mass is 10.0. The van der Waals surface area contributed by atoms with Gasteiger partial charge in [-0.2, -0.15) is 0 Å². The van der Waals surface area contributed by atoms with Gasteiger partial charge in [0.2, 0.25) is 0 Å². The van der Waals surface area contributed by atoms with Crippen LogP contribution >= 0.6 is 0 Å². The summed E-state index contributed by atoms with van der Waals surface area (Å²) in [4.78, 5) is 23.3. The number of benzene rings is 2. The summed E-state index contributed by atoms with van der Waals surface area (Å²) in [5.74, 6) is 0.838. The highest BCUT2D eigenvalue weighted by molar-refractivity contribution is 5.70. The maximum atomic E-state index is 11.9. The van der Waals surface area contributed by atoms with Crippen molar-refractivity contribution in [2.24, 2.45) is 0 Å². The number of allylic oxidation sites excluding steroid dienone is 1. The number of carbonyl (C=O) groups is 2. The Kier molecular flexibility index (Phi) is 9.79. The molecule has 0 spiro atoms. The lowest BCUT2D eigenvalue weighted by Gasteiger charge is -2.28. The highest BCUT2D eigenvalue weighted by Crippen LogP contribution is 2.37.